The fourth-order valence-electron chi connectivity index (χ4n) is 2.88. The normalized spacial score (nSPS) is 11.0. The first kappa shape index (κ1) is 17.5. The van der Waals surface area contributed by atoms with Crippen LogP contribution in [0.4, 0.5) is 0 Å². The smallest absolute Gasteiger partial charge is 0.281 e. The largest absolute Gasteiger partial charge is 0.331 e. The van der Waals surface area contributed by atoms with Gasteiger partial charge < -0.3 is 4.57 Å². The minimum atomic E-state index is -0.445. The topological polar surface area (TPSA) is 76.0 Å². The summed E-state index contributed by atoms with van der Waals surface area (Å²) in [5.41, 5.74) is 6.62. The minimum Gasteiger partial charge on any atom is -0.331 e. The SMILES string of the molecule is Cn1c(CC(=O)NNC(=O)c2sc3ccccc3c2Cl)nc2ccccc21. The van der Waals surface area contributed by atoms with Crippen molar-refractivity contribution < 1.29 is 9.59 Å². The Kier molecular flexibility index (Phi) is 4.55. The number of carbonyl (C=O) groups is 2. The molecule has 6 nitrogen and oxygen atoms in total. The van der Waals surface area contributed by atoms with Crippen molar-refractivity contribution in [3.05, 3.63) is 64.3 Å². The zero-order chi connectivity index (χ0) is 19.0. The van der Waals surface area contributed by atoms with Crippen LogP contribution in [0, 0.1) is 0 Å². The second kappa shape index (κ2) is 7.02. The molecule has 4 rings (SSSR count). The highest BCUT2D eigenvalue weighted by Gasteiger charge is 2.18. The number of aromatic nitrogens is 2. The number of imidazole rings is 1. The van der Waals surface area contributed by atoms with Crippen LogP contribution in [-0.2, 0) is 18.3 Å². The molecule has 0 saturated carbocycles. The number of benzene rings is 2. The first-order valence-corrected chi connectivity index (χ1v) is 9.40. The van der Waals surface area contributed by atoms with Gasteiger partial charge in [-0.2, -0.15) is 0 Å². The quantitative estimate of drug-likeness (QED) is 0.519. The van der Waals surface area contributed by atoms with Crippen LogP contribution in [0.2, 0.25) is 5.02 Å². The van der Waals surface area contributed by atoms with Crippen molar-refractivity contribution in [2.75, 3.05) is 0 Å². The lowest BCUT2D eigenvalue weighted by Gasteiger charge is -2.07. The number of nitrogens with zero attached hydrogens (tertiary/aromatic N) is 2. The van der Waals surface area contributed by atoms with E-state index < -0.39 is 5.91 Å². The number of para-hydroxylation sites is 2. The van der Waals surface area contributed by atoms with Gasteiger partial charge >= 0.3 is 0 Å². The third-order valence-corrected chi connectivity index (χ3v) is 5.93. The molecule has 2 amide bonds. The number of nitrogens with one attached hydrogen (secondary N) is 2. The number of hydrogen-bond acceptors (Lipinski definition) is 4. The molecule has 4 aromatic rings. The Bertz CT molecular complexity index is 1180. The van der Waals surface area contributed by atoms with E-state index in [0.29, 0.717) is 15.7 Å². The lowest BCUT2D eigenvalue weighted by Crippen LogP contribution is -2.42. The number of hydrogen-bond donors (Lipinski definition) is 2. The summed E-state index contributed by atoms with van der Waals surface area (Å²) in [4.78, 5) is 29.4. The van der Waals surface area contributed by atoms with E-state index in [1.807, 2.05) is 60.1 Å². The van der Waals surface area contributed by atoms with Gasteiger partial charge in [0, 0.05) is 17.1 Å². The summed E-state index contributed by atoms with van der Waals surface area (Å²) in [5.74, 6) is -0.193. The van der Waals surface area contributed by atoms with Gasteiger partial charge in [-0.3, -0.25) is 20.4 Å². The standard InChI is InChI=1S/C19H15ClN4O2S/c1-24-13-8-4-3-7-12(13)21-15(24)10-16(25)22-23-19(26)18-17(20)11-6-2-5-9-14(11)27-18/h2-9H,10H2,1H3,(H,22,25)(H,23,26). The maximum Gasteiger partial charge on any atom is 0.281 e. The summed E-state index contributed by atoms with van der Waals surface area (Å²) in [6.45, 7) is 0. The minimum absolute atomic E-state index is 0.0472. The molecule has 0 atom stereocenters. The van der Waals surface area contributed by atoms with Crippen molar-refractivity contribution in [3.63, 3.8) is 0 Å². The van der Waals surface area contributed by atoms with Crippen LogP contribution in [0.25, 0.3) is 21.1 Å². The molecule has 0 aliphatic carbocycles. The van der Waals surface area contributed by atoms with Gasteiger partial charge in [0.15, 0.2) is 0 Å². The Morgan fingerprint density at radius 3 is 2.63 bits per heavy atom. The number of fused-ring (bicyclic) bond motifs is 2. The van der Waals surface area contributed by atoms with Crippen LogP contribution in [-0.4, -0.2) is 21.4 Å². The van der Waals surface area contributed by atoms with E-state index in [9.17, 15) is 9.59 Å². The van der Waals surface area contributed by atoms with Gasteiger partial charge in [0.05, 0.1) is 22.5 Å². The van der Waals surface area contributed by atoms with Gasteiger partial charge in [-0.05, 0) is 18.2 Å². The van der Waals surface area contributed by atoms with Crippen LogP contribution >= 0.6 is 22.9 Å². The number of rotatable bonds is 3. The molecule has 0 spiro atoms. The molecule has 0 bridgehead atoms. The van der Waals surface area contributed by atoms with Crippen molar-refractivity contribution in [2.24, 2.45) is 7.05 Å². The summed E-state index contributed by atoms with van der Waals surface area (Å²) >= 11 is 7.57. The summed E-state index contributed by atoms with van der Waals surface area (Å²) in [7, 11) is 1.85. The Morgan fingerprint density at radius 1 is 1.11 bits per heavy atom. The van der Waals surface area contributed by atoms with Gasteiger partial charge in [0.2, 0.25) is 5.91 Å². The average molecular weight is 399 g/mol. The Hall–Kier alpha value is -2.90. The van der Waals surface area contributed by atoms with Crippen molar-refractivity contribution in [2.45, 2.75) is 6.42 Å². The van der Waals surface area contributed by atoms with E-state index in [0.717, 1.165) is 21.1 Å². The molecule has 2 N–H and O–H groups in total. The summed E-state index contributed by atoms with van der Waals surface area (Å²) in [6, 6.07) is 15.1. The molecule has 0 fully saturated rings. The average Bonchev–Trinajstić information content (AvgIpc) is 3.18. The van der Waals surface area contributed by atoms with Crippen molar-refractivity contribution in [1.29, 1.82) is 0 Å². The zero-order valence-corrected chi connectivity index (χ0v) is 15.9. The maximum atomic E-state index is 12.4. The number of thiophene rings is 1. The highest BCUT2D eigenvalue weighted by molar-refractivity contribution is 7.21. The van der Waals surface area contributed by atoms with Crippen LogP contribution in [0.1, 0.15) is 15.5 Å². The van der Waals surface area contributed by atoms with Crippen molar-refractivity contribution >= 4 is 55.9 Å². The van der Waals surface area contributed by atoms with E-state index in [4.69, 9.17) is 11.6 Å². The Morgan fingerprint density at radius 2 is 1.85 bits per heavy atom. The van der Waals surface area contributed by atoms with E-state index in [1.165, 1.54) is 11.3 Å². The molecular weight excluding hydrogens is 384 g/mol. The fraction of sp³-hybridized carbons (Fsp3) is 0.105. The van der Waals surface area contributed by atoms with E-state index >= 15 is 0 Å². The van der Waals surface area contributed by atoms with Crippen LogP contribution in [0.5, 0.6) is 0 Å². The first-order chi connectivity index (χ1) is 13.0. The van der Waals surface area contributed by atoms with Crippen LogP contribution in [0.15, 0.2) is 48.5 Å². The number of hydrazine groups is 1. The molecule has 2 aromatic heterocycles. The number of halogens is 1. The molecule has 0 unspecified atom stereocenters. The molecule has 0 aliphatic heterocycles. The molecule has 0 aliphatic rings. The number of carbonyl (C=O) groups excluding carboxylic acids is 2. The van der Waals surface area contributed by atoms with Gasteiger partial charge in [-0.1, -0.05) is 41.9 Å². The van der Waals surface area contributed by atoms with Crippen LogP contribution < -0.4 is 10.9 Å². The highest BCUT2D eigenvalue weighted by Crippen LogP contribution is 2.34. The Labute approximate surface area is 163 Å². The molecule has 136 valence electrons. The highest BCUT2D eigenvalue weighted by atomic mass is 35.5. The third kappa shape index (κ3) is 3.27. The summed E-state index contributed by atoms with van der Waals surface area (Å²) < 4.78 is 2.78. The summed E-state index contributed by atoms with van der Waals surface area (Å²) in [5, 5.41) is 1.21. The first-order valence-electron chi connectivity index (χ1n) is 8.21. The van der Waals surface area contributed by atoms with Gasteiger partial charge in [-0.15, -0.1) is 11.3 Å². The molecule has 0 radical (unpaired) electrons. The maximum absolute atomic E-state index is 12.4. The van der Waals surface area contributed by atoms with Crippen LogP contribution in [0.3, 0.4) is 0 Å². The van der Waals surface area contributed by atoms with Gasteiger partial charge in [0.25, 0.3) is 5.91 Å². The van der Waals surface area contributed by atoms with E-state index in [1.54, 1.807) is 0 Å². The number of amides is 2. The molecular formula is C19H15ClN4O2S. The zero-order valence-electron chi connectivity index (χ0n) is 14.3. The van der Waals surface area contributed by atoms with Crippen molar-refractivity contribution in [1.82, 2.24) is 20.4 Å². The molecule has 2 aromatic carbocycles. The third-order valence-electron chi connectivity index (χ3n) is 4.26. The Balaban J connectivity index is 1.44. The predicted molar refractivity (Wildman–Crippen MR) is 107 cm³/mol. The second-order valence-corrected chi connectivity index (χ2v) is 7.43. The lowest BCUT2D eigenvalue weighted by atomic mass is 10.2. The molecule has 27 heavy (non-hydrogen) atoms. The molecule has 2 heterocycles. The number of aryl methyl sites for hydroxylation is 1. The lowest BCUT2D eigenvalue weighted by molar-refractivity contribution is -0.121. The van der Waals surface area contributed by atoms with Crippen molar-refractivity contribution in [3.8, 4) is 0 Å². The van der Waals surface area contributed by atoms with E-state index in [2.05, 4.69) is 15.8 Å². The second-order valence-electron chi connectivity index (χ2n) is 6.00. The van der Waals surface area contributed by atoms with E-state index in [-0.39, 0.29) is 12.3 Å². The summed E-state index contributed by atoms with van der Waals surface area (Å²) in [6.07, 6.45) is 0.0472. The monoisotopic (exact) mass is 398 g/mol. The predicted octanol–water partition coefficient (Wildman–Crippen LogP) is 3.45. The molecule has 0 saturated heterocycles. The van der Waals surface area contributed by atoms with Gasteiger partial charge in [-0.25, -0.2) is 4.98 Å². The van der Waals surface area contributed by atoms with Gasteiger partial charge in [0.1, 0.15) is 10.7 Å². The fourth-order valence-corrected chi connectivity index (χ4v) is 4.30. The molecule has 8 heteroatoms.